The van der Waals surface area contributed by atoms with Crippen LogP contribution in [0.15, 0.2) is 51.0 Å². The molecule has 1 N–H and O–H groups in total. The molecule has 170 valence electrons. The zero-order valence-corrected chi connectivity index (χ0v) is 18.8. The molecule has 9 heteroatoms. The predicted octanol–water partition coefficient (Wildman–Crippen LogP) is 2.58. The summed E-state index contributed by atoms with van der Waals surface area (Å²) in [5, 5.41) is 0. The molecule has 1 fully saturated rings. The molecule has 8 nitrogen and oxygen atoms in total. The molecule has 0 atom stereocenters. The zero-order valence-electron chi connectivity index (χ0n) is 18.0. The smallest absolute Gasteiger partial charge is 0.330 e. The highest BCUT2D eigenvalue weighted by Crippen LogP contribution is 2.31. The number of nitrogens with zero attached hydrogens (tertiary/aromatic N) is 1. The van der Waals surface area contributed by atoms with Crippen LogP contribution >= 0.6 is 0 Å². The molecular formula is C22H30N2O6S. The van der Waals surface area contributed by atoms with Gasteiger partial charge in [-0.1, -0.05) is 19.9 Å². The van der Waals surface area contributed by atoms with E-state index in [0.29, 0.717) is 37.7 Å². The number of nitrogens with one attached hydrogen (secondary N) is 1. The van der Waals surface area contributed by atoms with Gasteiger partial charge in [0.2, 0.25) is 0 Å². The summed E-state index contributed by atoms with van der Waals surface area (Å²) in [7, 11) is -3.46. The Labute approximate surface area is 182 Å². The molecule has 31 heavy (non-hydrogen) atoms. The Morgan fingerprint density at radius 1 is 1.19 bits per heavy atom. The summed E-state index contributed by atoms with van der Waals surface area (Å²) in [6.45, 7) is 4.89. The molecule has 0 bridgehead atoms. The van der Waals surface area contributed by atoms with Gasteiger partial charge in [0.25, 0.3) is 5.56 Å². The standard InChI is InChI=1S/C22H30N2O6S/c1-22(2,10-4-12-29-16-24-11-9-20(25)23-21(24)26)15-31(27,28)19-6-3-5-18(13-19)30-14-17-7-8-17/h3,5-6,9,11,13,17H,4,7-8,10,12,14-16H2,1-2H3,(H,23,25,26). The van der Waals surface area contributed by atoms with Crippen molar-refractivity contribution in [2.24, 2.45) is 11.3 Å². The average molecular weight is 451 g/mol. The molecule has 0 aliphatic heterocycles. The van der Waals surface area contributed by atoms with E-state index in [1.807, 2.05) is 13.8 Å². The number of ether oxygens (including phenoxy) is 2. The molecule has 1 aromatic heterocycles. The molecule has 0 saturated heterocycles. The van der Waals surface area contributed by atoms with Gasteiger partial charge < -0.3 is 9.47 Å². The van der Waals surface area contributed by atoms with Gasteiger partial charge in [-0.3, -0.25) is 14.3 Å². The van der Waals surface area contributed by atoms with Gasteiger partial charge in [-0.2, -0.15) is 0 Å². The Kier molecular flexibility index (Phi) is 7.38. The first-order valence-corrected chi connectivity index (χ1v) is 12.1. The summed E-state index contributed by atoms with van der Waals surface area (Å²) >= 11 is 0. The van der Waals surface area contributed by atoms with Crippen molar-refractivity contribution in [2.75, 3.05) is 19.0 Å². The first-order valence-electron chi connectivity index (χ1n) is 10.5. The maximum absolute atomic E-state index is 12.9. The Morgan fingerprint density at radius 3 is 2.68 bits per heavy atom. The maximum atomic E-state index is 12.9. The van der Waals surface area contributed by atoms with Crippen molar-refractivity contribution in [2.45, 2.75) is 51.2 Å². The lowest BCUT2D eigenvalue weighted by molar-refractivity contribution is 0.0663. The van der Waals surface area contributed by atoms with Gasteiger partial charge in [-0.05, 0) is 55.2 Å². The van der Waals surface area contributed by atoms with Crippen molar-refractivity contribution in [3.63, 3.8) is 0 Å². The highest BCUT2D eigenvalue weighted by Gasteiger charge is 2.28. The normalized spacial score (nSPS) is 14.5. The maximum Gasteiger partial charge on any atom is 0.330 e. The van der Waals surface area contributed by atoms with Crippen LogP contribution in [0.25, 0.3) is 0 Å². The lowest BCUT2D eigenvalue weighted by Crippen LogP contribution is -2.29. The van der Waals surface area contributed by atoms with Crippen molar-refractivity contribution in [3.8, 4) is 5.75 Å². The van der Waals surface area contributed by atoms with E-state index in [-0.39, 0.29) is 17.4 Å². The molecule has 0 unspecified atom stereocenters. The van der Waals surface area contributed by atoms with Crippen LogP contribution in [0.3, 0.4) is 0 Å². The topological polar surface area (TPSA) is 107 Å². The van der Waals surface area contributed by atoms with E-state index in [0.717, 1.165) is 0 Å². The van der Waals surface area contributed by atoms with Gasteiger partial charge >= 0.3 is 5.69 Å². The first-order chi connectivity index (χ1) is 14.6. The molecule has 1 saturated carbocycles. The summed E-state index contributed by atoms with van der Waals surface area (Å²) in [6.07, 6.45) is 5.02. The van der Waals surface area contributed by atoms with Gasteiger partial charge in [-0.15, -0.1) is 0 Å². The van der Waals surface area contributed by atoms with E-state index in [1.165, 1.54) is 29.7 Å². The Bertz CT molecular complexity index is 1100. The zero-order chi connectivity index (χ0) is 22.5. The summed E-state index contributed by atoms with van der Waals surface area (Å²) in [4.78, 5) is 25.1. The second-order valence-corrected chi connectivity index (χ2v) is 10.9. The fraction of sp³-hybridized carbons (Fsp3) is 0.545. The number of sulfone groups is 1. The predicted molar refractivity (Wildman–Crippen MR) is 117 cm³/mol. The van der Waals surface area contributed by atoms with Crippen molar-refractivity contribution < 1.29 is 17.9 Å². The third-order valence-corrected chi connectivity index (χ3v) is 7.33. The van der Waals surface area contributed by atoms with Crippen LogP contribution in [-0.2, 0) is 21.3 Å². The Hall–Kier alpha value is -2.39. The van der Waals surface area contributed by atoms with Crippen molar-refractivity contribution in [1.29, 1.82) is 0 Å². The van der Waals surface area contributed by atoms with Gasteiger partial charge in [0.1, 0.15) is 12.5 Å². The molecule has 1 aliphatic carbocycles. The number of aromatic amines is 1. The largest absolute Gasteiger partial charge is 0.493 e. The number of rotatable bonds is 12. The summed E-state index contributed by atoms with van der Waals surface area (Å²) in [6, 6.07) is 7.98. The summed E-state index contributed by atoms with van der Waals surface area (Å²) < 4.78 is 38.3. The fourth-order valence-electron chi connectivity index (χ4n) is 3.29. The number of hydrogen-bond acceptors (Lipinski definition) is 6. The molecule has 2 aromatic rings. The number of hydrogen-bond donors (Lipinski definition) is 1. The molecule has 0 spiro atoms. The van der Waals surface area contributed by atoms with Gasteiger partial charge in [0.05, 0.1) is 17.3 Å². The second-order valence-electron chi connectivity index (χ2n) is 8.87. The third-order valence-electron chi connectivity index (χ3n) is 5.20. The first kappa shape index (κ1) is 23.3. The SMILES string of the molecule is CC(C)(CCCOCn1ccc(=O)[nH]c1=O)CS(=O)(=O)c1cccc(OCC2CC2)c1. The van der Waals surface area contributed by atoms with Crippen molar-refractivity contribution >= 4 is 9.84 Å². The van der Waals surface area contributed by atoms with E-state index in [2.05, 4.69) is 4.98 Å². The molecule has 1 aliphatic rings. The molecule has 1 aromatic carbocycles. The minimum Gasteiger partial charge on any atom is -0.493 e. The van der Waals surface area contributed by atoms with Crippen LogP contribution in [-0.4, -0.2) is 36.9 Å². The highest BCUT2D eigenvalue weighted by molar-refractivity contribution is 7.91. The summed E-state index contributed by atoms with van der Waals surface area (Å²) in [5.41, 5.74) is -1.42. The van der Waals surface area contributed by atoms with Gasteiger partial charge in [0.15, 0.2) is 9.84 Å². The van der Waals surface area contributed by atoms with Gasteiger partial charge in [-0.25, -0.2) is 13.2 Å². The lowest BCUT2D eigenvalue weighted by atomic mass is 9.90. The average Bonchev–Trinajstić information content (AvgIpc) is 3.51. The van der Waals surface area contributed by atoms with Crippen LogP contribution in [0, 0.1) is 11.3 Å². The van der Waals surface area contributed by atoms with Crippen LogP contribution in [0.1, 0.15) is 39.5 Å². The highest BCUT2D eigenvalue weighted by atomic mass is 32.2. The molecule has 0 amide bonds. The number of benzene rings is 1. The van der Waals surface area contributed by atoms with E-state index >= 15 is 0 Å². The van der Waals surface area contributed by atoms with E-state index < -0.39 is 26.5 Å². The van der Waals surface area contributed by atoms with E-state index in [9.17, 15) is 18.0 Å². The van der Waals surface area contributed by atoms with Crippen LogP contribution in [0.2, 0.25) is 0 Å². The minimum atomic E-state index is -3.46. The lowest BCUT2D eigenvalue weighted by Gasteiger charge is -2.24. The van der Waals surface area contributed by atoms with E-state index in [4.69, 9.17) is 9.47 Å². The van der Waals surface area contributed by atoms with Crippen molar-refractivity contribution in [3.05, 3.63) is 57.4 Å². The van der Waals surface area contributed by atoms with Crippen molar-refractivity contribution in [1.82, 2.24) is 9.55 Å². The molecule has 1 heterocycles. The van der Waals surface area contributed by atoms with Crippen LogP contribution in [0.4, 0.5) is 0 Å². The quantitative estimate of drug-likeness (QED) is 0.498. The number of aromatic nitrogens is 2. The van der Waals surface area contributed by atoms with Crippen LogP contribution < -0.4 is 16.0 Å². The summed E-state index contributed by atoms with van der Waals surface area (Å²) in [5.74, 6) is 1.21. The second kappa shape index (κ2) is 9.82. The third kappa shape index (κ3) is 7.36. The molecule has 0 radical (unpaired) electrons. The monoisotopic (exact) mass is 450 g/mol. The minimum absolute atomic E-state index is 0.0193. The van der Waals surface area contributed by atoms with E-state index in [1.54, 1.807) is 24.3 Å². The number of H-pyrrole nitrogens is 1. The van der Waals surface area contributed by atoms with Crippen LogP contribution in [0.5, 0.6) is 5.75 Å². The van der Waals surface area contributed by atoms with Gasteiger partial charge in [0, 0.05) is 18.9 Å². The molecule has 3 rings (SSSR count). The Morgan fingerprint density at radius 2 is 1.97 bits per heavy atom. The molecular weight excluding hydrogens is 420 g/mol. The Balaban J connectivity index is 1.47. The fourth-order valence-corrected chi connectivity index (χ4v) is 5.21.